The van der Waals surface area contributed by atoms with Crippen molar-refractivity contribution < 1.29 is 9.53 Å². The Bertz CT molecular complexity index is 478. The number of hydrogen-bond acceptors (Lipinski definition) is 2. The molecule has 0 aromatic rings. The molecule has 0 heterocycles. The molecular formula is C19H28O2. The summed E-state index contributed by atoms with van der Waals surface area (Å²) in [6, 6.07) is 0. The van der Waals surface area contributed by atoms with Gasteiger partial charge in [0.05, 0.1) is 0 Å². The predicted molar refractivity (Wildman–Crippen MR) is 82.6 cm³/mol. The van der Waals surface area contributed by atoms with Crippen LogP contribution in [0.5, 0.6) is 0 Å². The highest BCUT2D eigenvalue weighted by Gasteiger charge is 2.57. The van der Waals surface area contributed by atoms with E-state index in [1.807, 2.05) is 12.5 Å². The molecular weight excluding hydrogens is 260 g/mol. The van der Waals surface area contributed by atoms with Crippen molar-refractivity contribution in [2.45, 2.75) is 71.3 Å². The van der Waals surface area contributed by atoms with Crippen molar-refractivity contribution in [2.75, 3.05) is 0 Å². The van der Waals surface area contributed by atoms with Gasteiger partial charge in [-0.1, -0.05) is 18.1 Å². The summed E-state index contributed by atoms with van der Waals surface area (Å²) in [5.41, 5.74) is 3.53. The standard InChI is InChI=1S/C19H28O2/c1-3-19(20)21-13-9-15-12-7-16(14-6-4-5-11(14)2)17(8-12)18(15)10-13/h12-13,15-18H,3-10H2,1-2H3. The summed E-state index contributed by atoms with van der Waals surface area (Å²) >= 11 is 0. The first kappa shape index (κ1) is 13.8. The first-order valence-corrected chi connectivity index (χ1v) is 9.05. The number of allylic oxidation sites excluding steroid dienone is 2. The summed E-state index contributed by atoms with van der Waals surface area (Å²) < 4.78 is 5.65. The Hall–Kier alpha value is -0.790. The fourth-order valence-electron chi connectivity index (χ4n) is 6.21. The molecule has 6 unspecified atom stereocenters. The van der Waals surface area contributed by atoms with Crippen molar-refractivity contribution in [3.05, 3.63) is 11.1 Å². The summed E-state index contributed by atoms with van der Waals surface area (Å²) in [5, 5.41) is 0. The highest BCUT2D eigenvalue weighted by molar-refractivity contribution is 5.69. The molecule has 4 rings (SSSR count). The van der Waals surface area contributed by atoms with Crippen LogP contribution in [0, 0.1) is 29.6 Å². The van der Waals surface area contributed by atoms with Crippen LogP contribution >= 0.6 is 0 Å². The molecule has 0 spiro atoms. The average molecular weight is 288 g/mol. The maximum Gasteiger partial charge on any atom is 0.305 e. The van der Waals surface area contributed by atoms with E-state index in [1.54, 1.807) is 5.57 Å². The molecule has 0 aliphatic heterocycles. The largest absolute Gasteiger partial charge is 0.462 e. The maximum absolute atomic E-state index is 11.6. The second-order valence-electron chi connectivity index (χ2n) is 7.93. The quantitative estimate of drug-likeness (QED) is 0.565. The summed E-state index contributed by atoms with van der Waals surface area (Å²) in [4.78, 5) is 11.6. The Balaban J connectivity index is 1.47. The van der Waals surface area contributed by atoms with Crippen molar-refractivity contribution in [1.82, 2.24) is 0 Å². The number of hydrogen-bond donors (Lipinski definition) is 0. The molecule has 0 aromatic carbocycles. The van der Waals surface area contributed by atoms with E-state index < -0.39 is 0 Å². The van der Waals surface area contributed by atoms with Gasteiger partial charge in [0.1, 0.15) is 6.10 Å². The molecule has 0 saturated heterocycles. The van der Waals surface area contributed by atoms with E-state index in [0.717, 1.165) is 42.4 Å². The van der Waals surface area contributed by atoms with Crippen molar-refractivity contribution >= 4 is 5.97 Å². The van der Waals surface area contributed by atoms with Crippen molar-refractivity contribution in [1.29, 1.82) is 0 Å². The summed E-state index contributed by atoms with van der Waals surface area (Å²) in [5.74, 6) is 4.44. The maximum atomic E-state index is 11.6. The van der Waals surface area contributed by atoms with Gasteiger partial charge in [0.25, 0.3) is 0 Å². The molecule has 4 aliphatic carbocycles. The first-order chi connectivity index (χ1) is 10.2. The summed E-state index contributed by atoms with van der Waals surface area (Å²) in [6.07, 6.45) is 10.1. The lowest BCUT2D eigenvalue weighted by Gasteiger charge is -2.32. The topological polar surface area (TPSA) is 26.3 Å². The zero-order valence-electron chi connectivity index (χ0n) is 13.4. The highest BCUT2D eigenvalue weighted by atomic mass is 16.5. The molecule has 6 atom stereocenters. The lowest BCUT2D eigenvalue weighted by atomic mass is 9.72. The molecule has 0 aromatic heterocycles. The normalized spacial score (nSPS) is 44.5. The second kappa shape index (κ2) is 5.14. The Morgan fingerprint density at radius 3 is 2.62 bits per heavy atom. The van der Waals surface area contributed by atoms with Crippen LogP contribution in [0.2, 0.25) is 0 Å². The average Bonchev–Trinajstić information content (AvgIpc) is 3.17. The molecule has 0 radical (unpaired) electrons. The lowest BCUT2D eigenvalue weighted by molar-refractivity contribution is -0.148. The zero-order chi connectivity index (χ0) is 14.6. The van der Waals surface area contributed by atoms with Gasteiger partial charge in [0.2, 0.25) is 0 Å². The Morgan fingerprint density at radius 1 is 1.10 bits per heavy atom. The third kappa shape index (κ3) is 2.17. The van der Waals surface area contributed by atoms with E-state index in [-0.39, 0.29) is 12.1 Å². The highest BCUT2D eigenvalue weighted by Crippen LogP contribution is 2.63. The van der Waals surface area contributed by atoms with Crippen LogP contribution in [0.3, 0.4) is 0 Å². The van der Waals surface area contributed by atoms with E-state index in [2.05, 4.69) is 6.92 Å². The van der Waals surface area contributed by atoms with E-state index in [4.69, 9.17) is 4.74 Å². The van der Waals surface area contributed by atoms with E-state index in [0.29, 0.717) is 6.42 Å². The van der Waals surface area contributed by atoms with Crippen LogP contribution in [0.15, 0.2) is 11.1 Å². The first-order valence-electron chi connectivity index (χ1n) is 9.05. The van der Waals surface area contributed by atoms with E-state index >= 15 is 0 Å². The molecule has 2 bridgehead atoms. The number of rotatable bonds is 3. The molecule has 3 saturated carbocycles. The lowest BCUT2D eigenvalue weighted by Crippen LogP contribution is -2.25. The minimum Gasteiger partial charge on any atom is -0.462 e. The minimum absolute atomic E-state index is 0.00165. The molecule has 0 N–H and O–H groups in total. The van der Waals surface area contributed by atoms with Crippen LogP contribution in [-0.2, 0) is 9.53 Å². The van der Waals surface area contributed by atoms with Crippen LogP contribution in [0.1, 0.15) is 65.2 Å². The number of fused-ring (bicyclic) bond motifs is 5. The van der Waals surface area contributed by atoms with E-state index in [1.165, 1.54) is 32.1 Å². The third-order valence-corrected chi connectivity index (χ3v) is 7.00. The van der Waals surface area contributed by atoms with Crippen molar-refractivity contribution in [3.8, 4) is 0 Å². The smallest absolute Gasteiger partial charge is 0.305 e. The third-order valence-electron chi connectivity index (χ3n) is 7.00. The van der Waals surface area contributed by atoms with Gasteiger partial charge in [-0.3, -0.25) is 4.79 Å². The fourth-order valence-corrected chi connectivity index (χ4v) is 6.21. The van der Waals surface area contributed by atoms with E-state index in [9.17, 15) is 4.79 Å². The van der Waals surface area contributed by atoms with Crippen molar-refractivity contribution in [2.24, 2.45) is 29.6 Å². The number of carbonyl (C=O) groups excluding carboxylic acids is 1. The van der Waals surface area contributed by atoms with Crippen LogP contribution in [0.4, 0.5) is 0 Å². The van der Waals surface area contributed by atoms with Gasteiger partial charge in [-0.05, 0) is 81.5 Å². The Morgan fingerprint density at radius 2 is 1.90 bits per heavy atom. The molecule has 4 aliphatic rings. The minimum atomic E-state index is -0.00165. The summed E-state index contributed by atoms with van der Waals surface area (Å²) in [6.45, 7) is 4.26. The Labute approximate surface area is 128 Å². The molecule has 2 nitrogen and oxygen atoms in total. The van der Waals surface area contributed by atoms with Gasteiger partial charge in [-0.15, -0.1) is 0 Å². The number of carbonyl (C=O) groups is 1. The van der Waals surface area contributed by atoms with Gasteiger partial charge in [-0.25, -0.2) is 0 Å². The summed E-state index contributed by atoms with van der Waals surface area (Å²) in [7, 11) is 0. The van der Waals surface area contributed by atoms with Crippen LogP contribution in [0.25, 0.3) is 0 Å². The molecule has 3 fully saturated rings. The monoisotopic (exact) mass is 288 g/mol. The van der Waals surface area contributed by atoms with Gasteiger partial charge >= 0.3 is 5.97 Å². The van der Waals surface area contributed by atoms with Crippen LogP contribution in [-0.4, -0.2) is 12.1 Å². The van der Waals surface area contributed by atoms with Crippen LogP contribution < -0.4 is 0 Å². The van der Waals surface area contributed by atoms with Gasteiger partial charge in [0.15, 0.2) is 0 Å². The fraction of sp³-hybridized carbons (Fsp3) is 0.842. The van der Waals surface area contributed by atoms with Gasteiger partial charge < -0.3 is 4.74 Å². The SMILES string of the molecule is CCC(=O)OC1CC2C3CC(C4=C(C)CCC4)C(C3)C2C1. The zero-order valence-corrected chi connectivity index (χ0v) is 13.4. The predicted octanol–water partition coefficient (Wildman–Crippen LogP) is 4.49. The van der Waals surface area contributed by atoms with Gasteiger partial charge in [-0.2, -0.15) is 0 Å². The Kier molecular flexibility index (Phi) is 3.39. The molecule has 2 heteroatoms. The van der Waals surface area contributed by atoms with Gasteiger partial charge in [0, 0.05) is 6.42 Å². The second-order valence-corrected chi connectivity index (χ2v) is 7.93. The number of esters is 1. The molecule has 0 amide bonds. The molecule has 21 heavy (non-hydrogen) atoms. The molecule has 116 valence electrons. The van der Waals surface area contributed by atoms with Crippen molar-refractivity contribution in [3.63, 3.8) is 0 Å². The number of ether oxygens (including phenoxy) is 1.